The second-order valence-corrected chi connectivity index (χ2v) is 9.43. The first-order valence-corrected chi connectivity index (χ1v) is 11.6. The average Bonchev–Trinajstić information content (AvgIpc) is 3.39. The lowest BCUT2D eigenvalue weighted by Gasteiger charge is -2.28. The Bertz CT molecular complexity index is 1390. The Morgan fingerprint density at radius 1 is 1.18 bits per heavy atom. The highest BCUT2D eigenvalue weighted by atomic mass is 32.2. The summed E-state index contributed by atoms with van der Waals surface area (Å²) >= 11 is 1.37. The lowest BCUT2D eigenvalue weighted by Crippen LogP contribution is -2.28. The first-order valence-electron chi connectivity index (χ1n) is 10.8. The average molecular weight is 463 g/mol. The van der Waals surface area contributed by atoms with Gasteiger partial charge in [0, 0.05) is 38.5 Å². The molecule has 1 aliphatic carbocycles. The van der Waals surface area contributed by atoms with Gasteiger partial charge in [0.2, 0.25) is 0 Å². The zero-order valence-corrected chi connectivity index (χ0v) is 18.9. The smallest absolute Gasteiger partial charge is 0.125 e. The standard InChI is InChI=1S/C24H23FN6OS/c1-14-18(12-29-31(14)20-4-2-3-5-21(20)32)15-8-23(24-16(10-26)11-28-30(24)13-15)33-22-7-6-17(25)9-19(22)27/h6-9,11-13,20-21,32H,2-5,27H2,1H3/t20-,21-/m1/s1. The third-order valence-electron chi connectivity index (χ3n) is 6.25. The van der Waals surface area contributed by atoms with Crippen molar-refractivity contribution in [2.45, 2.75) is 54.5 Å². The van der Waals surface area contributed by atoms with Crippen molar-refractivity contribution in [3.05, 3.63) is 59.9 Å². The van der Waals surface area contributed by atoms with Gasteiger partial charge in [0.25, 0.3) is 0 Å². The summed E-state index contributed by atoms with van der Waals surface area (Å²) in [6.45, 7) is 2.00. The van der Waals surface area contributed by atoms with Gasteiger partial charge in [-0.1, -0.05) is 24.6 Å². The third kappa shape index (κ3) is 3.86. The third-order valence-corrected chi connectivity index (χ3v) is 7.38. The van der Waals surface area contributed by atoms with E-state index in [0.29, 0.717) is 21.7 Å². The molecule has 0 radical (unpaired) electrons. The lowest BCUT2D eigenvalue weighted by atomic mass is 9.92. The number of hydrogen-bond acceptors (Lipinski definition) is 6. The number of nitrogen functional groups attached to an aromatic ring is 1. The van der Waals surface area contributed by atoms with Gasteiger partial charge < -0.3 is 10.8 Å². The molecule has 3 N–H and O–H groups in total. The summed E-state index contributed by atoms with van der Waals surface area (Å²) in [6, 6.07) is 8.43. The monoisotopic (exact) mass is 462 g/mol. The maximum absolute atomic E-state index is 13.5. The van der Waals surface area contributed by atoms with Crippen LogP contribution in [0.3, 0.4) is 0 Å². The SMILES string of the molecule is Cc1c(-c2cc(Sc3ccc(F)cc3N)c3c(C#N)cnn3c2)cnn1[C@@H]1CCCC[C@H]1O. The molecule has 5 rings (SSSR count). The molecule has 0 saturated heterocycles. The predicted octanol–water partition coefficient (Wildman–Crippen LogP) is 4.73. The van der Waals surface area contributed by atoms with Crippen molar-refractivity contribution in [2.75, 3.05) is 5.73 Å². The Balaban J connectivity index is 1.61. The zero-order chi connectivity index (χ0) is 23.1. The van der Waals surface area contributed by atoms with Crippen LogP contribution < -0.4 is 5.73 Å². The van der Waals surface area contributed by atoms with Crippen molar-refractivity contribution < 1.29 is 9.50 Å². The number of aliphatic hydroxyl groups is 1. The minimum Gasteiger partial charge on any atom is -0.398 e. The topological polar surface area (TPSA) is 105 Å². The van der Waals surface area contributed by atoms with Crippen molar-refractivity contribution in [3.63, 3.8) is 0 Å². The summed E-state index contributed by atoms with van der Waals surface area (Å²) in [4.78, 5) is 1.47. The lowest BCUT2D eigenvalue weighted by molar-refractivity contribution is 0.0684. The summed E-state index contributed by atoms with van der Waals surface area (Å²) in [5.74, 6) is -0.397. The molecule has 9 heteroatoms. The van der Waals surface area contributed by atoms with Gasteiger partial charge in [0.05, 0.1) is 35.6 Å². The van der Waals surface area contributed by atoms with E-state index in [9.17, 15) is 14.8 Å². The molecule has 1 saturated carbocycles. The molecular weight excluding hydrogens is 439 g/mol. The summed E-state index contributed by atoms with van der Waals surface area (Å²) in [6.07, 6.45) is 8.62. The zero-order valence-electron chi connectivity index (χ0n) is 18.1. The molecule has 0 unspecified atom stereocenters. The summed E-state index contributed by atoms with van der Waals surface area (Å²) < 4.78 is 17.2. The molecule has 4 aromatic rings. The van der Waals surface area contributed by atoms with Crippen LogP contribution in [0.25, 0.3) is 16.6 Å². The van der Waals surface area contributed by atoms with Gasteiger partial charge in [-0.15, -0.1) is 0 Å². The number of aliphatic hydroxyl groups excluding tert-OH is 1. The minimum absolute atomic E-state index is 0.0287. The van der Waals surface area contributed by atoms with Crippen LogP contribution in [0.2, 0.25) is 0 Å². The van der Waals surface area contributed by atoms with Gasteiger partial charge in [-0.2, -0.15) is 15.5 Å². The fourth-order valence-corrected chi connectivity index (χ4v) is 5.58. The van der Waals surface area contributed by atoms with E-state index in [-0.39, 0.29) is 6.04 Å². The van der Waals surface area contributed by atoms with E-state index in [4.69, 9.17) is 5.73 Å². The number of pyridine rings is 1. The van der Waals surface area contributed by atoms with Gasteiger partial charge in [0.15, 0.2) is 0 Å². The van der Waals surface area contributed by atoms with Crippen LogP contribution >= 0.6 is 11.8 Å². The maximum atomic E-state index is 13.5. The normalized spacial score (nSPS) is 18.5. The summed E-state index contributed by atoms with van der Waals surface area (Å²) in [5, 5.41) is 29.1. The van der Waals surface area contributed by atoms with E-state index < -0.39 is 11.9 Å². The largest absolute Gasteiger partial charge is 0.398 e. The van der Waals surface area contributed by atoms with Crippen LogP contribution in [0.5, 0.6) is 0 Å². The maximum Gasteiger partial charge on any atom is 0.125 e. The van der Waals surface area contributed by atoms with Gasteiger partial charge in [0.1, 0.15) is 11.9 Å². The van der Waals surface area contributed by atoms with Crippen molar-refractivity contribution in [2.24, 2.45) is 0 Å². The van der Waals surface area contributed by atoms with E-state index in [1.807, 2.05) is 30.1 Å². The second kappa shape index (κ2) is 8.54. The number of aromatic nitrogens is 4. The molecule has 3 aromatic heterocycles. The number of nitrogens with two attached hydrogens (primary N) is 1. The second-order valence-electron chi connectivity index (χ2n) is 8.35. The van der Waals surface area contributed by atoms with Crippen LogP contribution in [-0.2, 0) is 0 Å². The number of fused-ring (bicyclic) bond motifs is 1. The summed E-state index contributed by atoms with van der Waals surface area (Å²) in [7, 11) is 0. The van der Waals surface area contributed by atoms with Crippen molar-refractivity contribution in [1.29, 1.82) is 5.26 Å². The number of rotatable bonds is 4. The van der Waals surface area contributed by atoms with E-state index in [0.717, 1.165) is 47.4 Å². The quantitative estimate of drug-likeness (QED) is 0.425. The molecule has 168 valence electrons. The Morgan fingerprint density at radius 2 is 2.00 bits per heavy atom. The number of benzene rings is 1. The summed E-state index contributed by atoms with van der Waals surface area (Å²) in [5.41, 5.74) is 10.3. The molecule has 33 heavy (non-hydrogen) atoms. The van der Waals surface area contributed by atoms with Crippen LogP contribution in [0, 0.1) is 24.1 Å². The highest BCUT2D eigenvalue weighted by Crippen LogP contribution is 2.39. The Labute approximate surface area is 194 Å². The van der Waals surface area contributed by atoms with Gasteiger partial charge >= 0.3 is 0 Å². The molecule has 1 aromatic carbocycles. The van der Waals surface area contributed by atoms with Crippen LogP contribution in [0.15, 0.2) is 52.6 Å². The molecule has 0 bridgehead atoms. The molecule has 3 heterocycles. The highest BCUT2D eigenvalue weighted by molar-refractivity contribution is 7.99. The van der Waals surface area contributed by atoms with Crippen LogP contribution in [-0.4, -0.2) is 30.6 Å². The number of nitrogens with zero attached hydrogens (tertiary/aromatic N) is 5. The molecule has 1 aliphatic rings. The Morgan fingerprint density at radius 3 is 2.76 bits per heavy atom. The first kappa shape index (κ1) is 21.5. The van der Waals surface area contributed by atoms with Crippen LogP contribution in [0.4, 0.5) is 10.1 Å². The molecule has 0 amide bonds. The minimum atomic E-state index is -0.399. The fraction of sp³-hybridized carbons (Fsp3) is 0.292. The number of halogens is 1. The van der Waals surface area contributed by atoms with Gasteiger partial charge in [-0.25, -0.2) is 8.91 Å². The van der Waals surface area contributed by atoms with Gasteiger partial charge in [-0.05, 0) is 44.0 Å². The van der Waals surface area contributed by atoms with E-state index in [1.165, 1.54) is 30.1 Å². The number of hydrogen-bond donors (Lipinski definition) is 2. The van der Waals surface area contributed by atoms with E-state index in [1.54, 1.807) is 10.6 Å². The van der Waals surface area contributed by atoms with Crippen molar-refractivity contribution >= 4 is 23.0 Å². The number of nitriles is 1. The van der Waals surface area contributed by atoms with Crippen LogP contribution in [0.1, 0.15) is 43.0 Å². The van der Waals surface area contributed by atoms with Crippen molar-refractivity contribution in [1.82, 2.24) is 19.4 Å². The van der Waals surface area contributed by atoms with Crippen molar-refractivity contribution in [3.8, 4) is 17.2 Å². The first-order chi connectivity index (χ1) is 16.0. The molecule has 0 aliphatic heterocycles. The molecular formula is C24H23FN6OS. The molecule has 0 spiro atoms. The Kier molecular flexibility index (Phi) is 5.56. The molecule has 2 atom stereocenters. The number of anilines is 1. The highest BCUT2D eigenvalue weighted by Gasteiger charge is 2.27. The van der Waals surface area contributed by atoms with E-state index in [2.05, 4.69) is 16.3 Å². The fourth-order valence-electron chi connectivity index (χ4n) is 4.54. The van der Waals surface area contributed by atoms with E-state index >= 15 is 0 Å². The molecule has 7 nitrogen and oxygen atoms in total. The van der Waals surface area contributed by atoms with Gasteiger partial charge in [-0.3, -0.25) is 4.68 Å². The Hall–Kier alpha value is -3.35. The predicted molar refractivity (Wildman–Crippen MR) is 124 cm³/mol. The molecule has 1 fully saturated rings.